The standard InChI is InChI=1S/C14H29ClN2OSi/c1-8-9-10-14(18-19(6)7)16-12(15)11(17(14)5)13(2,3)4/h16,19H,8-10H2,1-7H3. The molecule has 0 fully saturated rings. The van der Waals surface area contributed by atoms with E-state index in [0.29, 0.717) is 0 Å². The molecule has 1 aliphatic rings. The minimum Gasteiger partial charge on any atom is -0.383 e. The predicted octanol–water partition coefficient (Wildman–Crippen LogP) is 3.82. The Labute approximate surface area is 125 Å². The second-order valence-corrected chi connectivity index (χ2v) is 9.36. The molecule has 19 heavy (non-hydrogen) atoms. The van der Waals surface area contributed by atoms with E-state index in [-0.39, 0.29) is 5.41 Å². The van der Waals surface area contributed by atoms with E-state index in [9.17, 15) is 0 Å². The summed E-state index contributed by atoms with van der Waals surface area (Å²) in [6.45, 7) is 13.2. The van der Waals surface area contributed by atoms with Gasteiger partial charge < -0.3 is 14.6 Å². The minimum absolute atomic E-state index is 0.00862. The summed E-state index contributed by atoms with van der Waals surface area (Å²) in [6, 6.07) is 0. The van der Waals surface area contributed by atoms with Crippen LogP contribution in [-0.2, 0) is 4.43 Å². The van der Waals surface area contributed by atoms with Crippen LogP contribution in [0.5, 0.6) is 0 Å². The highest BCUT2D eigenvalue weighted by Gasteiger charge is 2.46. The maximum absolute atomic E-state index is 6.47. The molecule has 1 unspecified atom stereocenters. The number of nitrogens with zero attached hydrogens (tertiary/aromatic N) is 1. The van der Waals surface area contributed by atoms with Crippen LogP contribution in [-0.4, -0.2) is 26.8 Å². The molecule has 1 aliphatic heterocycles. The Bertz CT molecular complexity index is 352. The molecule has 0 saturated carbocycles. The second kappa shape index (κ2) is 6.06. The largest absolute Gasteiger partial charge is 0.383 e. The van der Waals surface area contributed by atoms with Gasteiger partial charge in [-0.1, -0.05) is 45.7 Å². The molecule has 5 heteroatoms. The average Bonchev–Trinajstić information content (AvgIpc) is 2.46. The van der Waals surface area contributed by atoms with Gasteiger partial charge in [-0.15, -0.1) is 0 Å². The Balaban J connectivity index is 3.04. The highest BCUT2D eigenvalue weighted by molar-refractivity contribution is 6.48. The summed E-state index contributed by atoms with van der Waals surface area (Å²) < 4.78 is 6.34. The maximum atomic E-state index is 6.47. The number of allylic oxidation sites excluding steroid dienone is 1. The highest BCUT2D eigenvalue weighted by atomic mass is 35.5. The zero-order valence-corrected chi connectivity index (χ0v) is 15.3. The van der Waals surface area contributed by atoms with Crippen LogP contribution in [0.15, 0.2) is 10.9 Å². The van der Waals surface area contributed by atoms with Crippen LogP contribution >= 0.6 is 11.6 Å². The molecule has 0 aromatic rings. The molecule has 112 valence electrons. The average molecular weight is 305 g/mol. The van der Waals surface area contributed by atoms with Crippen molar-refractivity contribution in [1.82, 2.24) is 10.2 Å². The lowest BCUT2D eigenvalue weighted by Gasteiger charge is -2.42. The topological polar surface area (TPSA) is 24.5 Å². The first kappa shape index (κ1) is 16.9. The summed E-state index contributed by atoms with van der Waals surface area (Å²) in [4.78, 5) is 2.22. The lowest BCUT2D eigenvalue weighted by Crippen LogP contribution is -2.55. The molecule has 0 bridgehead atoms. The number of nitrogens with one attached hydrogen (secondary N) is 1. The molecule has 0 spiro atoms. The van der Waals surface area contributed by atoms with Gasteiger partial charge in [-0.25, -0.2) is 0 Å². The van der Waals surface area contributed by atoms with Gasteiger partial charge in [0.15, 0.2) is 9.04 Å². The fraction of sp³-hybridized carbons (Fsp3) is 0.857. The van der Waals surface area contributed by atoms with Crippen LogP contribution in [0.4, 0.5) is 0 Å². The van der Waals surface area contributed by atoms with Crippen molar-refractivity contribution in [1.29, 1.82) is 0 Å². The highest BCUT2D eigenvalue weighted by Crippen LogP contribution is 2.42. The Morgan fingerprint density at radius 1 is 1.37 bits per heavy atom. The van der Waals surface area contributed by atoms with Crippen LogP contribution < -0.4 is 5.32 Å². The number of hydrogen-bond acceptors (Lipinski definition) is 3. The fourth-order valence-electron chi connectivity index (χ4n) is 2.68. The summed E-state index contributed by atoms with van der Waals surface area (Å²) in [5, 5.41) is 4.16. The van der Waals surface area contributed by atoms with Gasteiger partial charge in [-0.05, 0) is 19.5 Å². The van der Waals surface area contributed by atoms with E-state index in [0.717, 1.165) is 30.1 Å². The molecule has 1 heterocycles. The molecule has 1 rings (SSSR count). The van der Waals surface area contributed by atoms with Gasteiger partial charge in [0.05, 0.1) is 5.70 Å². The summed E-state index contributed by atoms with van der Waals surface area (Å²) >= 11 is 6.47. The lowest BCUT2D eigenvalue weighted by molar-refractivity contribution is -0.0733. The predicted molar refractivity (Wildman–Crippen MR) is 85.5 cm³/mol. The first-order valence-electron chi connectivity index (χ1n) is 7.24. The normalized spacial score (nSPS) is 24.4. The molecule has 3 nitrogen and oxygen atoms in total. The Morgan fingerprint density at radius 3 is 2.32 bits per heavy atom. The third-order valence-corrected chi connectivity index (χ3v) is 4.54. The monoisotopic (exact) mass is 304 g/mol. The Kier molecular flexibility index (Phi) is 5.38. The third-order valence-electron chi connectivity index (χ3n) is 3.40. The van der Waals surface area contributed by atoms with Crippen molar-refractivity contribution in [2.45, 2.75) is 65.9 Å². The molecule has 0 radical (unpaired) electrons. The second-order valence-electron chi connectivity index (χ2n) is 6.65. The van der Waals surface area contributed by atoms with Gasteiger partial charge in [-0.2, -0.15) is 0 Å². The van der Waals surface area contributed by atoms with Crippen molar-refractivity contribution < 1.29 is 4.43 Å². The SMILES string of the molecule is CCCCC1(O[SiH](C)C)NC(Cl)=C(C(C)(C)C)N1C. The number of unbranched alkanes of at least 4 members (excludes halogenated alkanes) is 1. The smallest absolute Gasteiger partial charge is 0.209 e. The van der Waals surface area contributed by atoms with E-state index in [1.54, 1.807) is 0 Å². The number of halogens is 1. The quantitative estimate of drug-likeness (QED) is 0.617. The zero-order chi connectivity index (χ0) is 14.8. The maximum Gasteiger partial charge on any atom is 0.209 e. The molecule has 1 atom stereocenters. The molecule has 0 saturated heterocycles. The van der Waals surface area contributed by atoms with Crippen LogP contribution in [0, 0.1) is 5.41 Å². The van der Waals surface area contributed by atoms with Crippen molar-refractivity contribution in [2.75, 3.05) is 7.05 Å². The summed E-state index contributed by atoms with van der Waals surface area (Å²) in [7, 11) is 0.923. The van der Waals surface area contributed by atoms with Crippen molar-refractivity contribution in [2.24, 2.45) is 5.41 Å². The minimum atomic E-state index is -1.17. The van der Waals surface area contributed by atoms with E-state index >= 15 is 0 Å². The molecule has 0 aromatic carbocycles. The van der Waals surface area contributed by atoms with Gasteiger partial charge in [-0.3, -0.25) is 0 Å². The Morgan fingerprint density at radius 2 is 1.95 bits per heavy atom. The van der Waals surface area contributed by atoms with E-state index in [2.05, 4.69) is 58.1 Å². The van der Waals surface area contributed by atoms with Crippen molar-refractivity contribution in [3.05, 3.63) is 10.9 Å². The van der Waals surface area contributed by atoms with Crippen LogP contribution in [0.25, 0.3) is 0 Å². The van der Waals surface area contributed by atoms with Gasteiger partial charge in [0.25, 0.3) is 0 Å². The summed E-state index contributed by atoms with van der Waals surface area (Å²) in [5.41, 5.74) is 1.15. The molecule has 0 amide bonds. The Hall–Kier alpha value is -0.193. The van der Waals surface area contributed by atoms with E-state index in [4.69, 9.17) is 16.0 Å². The van der Waals surface area contributed by atoms with Crippen LogP contribution in [0.1, 0.15) is 47.0 Å². The van der Waals surface area contributed by atoms with E-state index < -0.39 is 14.9 Å². The van der Waals surface area contributed by atoms with E-state index in [1.165, 1.54) is 0 Å². The molecule has 0 aliphatic carbocycles. The van der Waals surface area contributed by atoms with Crippen molar-refractivity contribution in [3.63, 3.8) is 0 Å². The summed E-state index contributed by atoms with van der Waals surface area (Å²) in [5.74, 6) is -0.434. The molecule has 0 aromatic heterocycles. The number of hydrogen-bond donors (Lipinski definition) is 1. The fourth-order valence-corrected chi connectivity index (χ4v) is 4.35. The van der Waals surface area contributed by atoms with Crippen LogP contribution in [0.2, 0.25) is 13.1 Å². The van der Waals surface area contributed by atoms with Gasteiger partial charge in [0.2, 0.25) is 5.85 Å². The molecule has 1 N–H and O–H groups in total. The molecular formula is C14H29ClN2OSi. The van der Waals surface area contributed by atoms with Gasteiger partial charge in [0, 0.05) is 18.9 Å². The van der Waals surface area contributed by atoms with Gasteiger partial charge >= 0.3 is 0 Å². The molecular weight excluding hydrogens is 276 g/mol. The van der Waals surface area contributed by atoms with Crippen LogP contribution in [0.3, 0.4) is 0 Å². The summed E-state index contributed by atoms with van der Waals surface area (Å²) in [6.07, 6.45) is 3.24. The van der Waals surface area contributed by atoms with Gasteiger partial charge in [0.1, 0.15) is 5.16 Å². The van der Waals surface area contributed by atoms with E-state index in [1.807, 2.05) is 0 Å². The first-order chi connectivity index (χ1) is 8.64. The third kappa shape index (κ3) is 3.67. The number of rotatable bonds is 5. The zero-order valence-electron chi connectivity index (χ0n) is 13.4. The first-order valence-corrected chi connectivity index (χ1v) is 10.4. The lowest BCUT2D eigenvalue weighted by atomic mass is 9.91. The van der Waals surface area contributed by atoms with Crippen molar-refractivity contribution in [3.8, 4) is 0 Å². The van der Waals surface area contributed by atoms with Crippen molar-refractivity contribution >= 4 is 20.6 Å².